The van der Waals surface area contributed by atoms with Crippen LogP contribution < -0.4 is 5.73 Å². The standard InChI is InChI=1S/C12H21N3O3.C10H19N3O3.C6H12N4O.C5H10Si.2CH4/c1-9(7-11(17)18-12(2,3)4)10(16)8-15-6-5-13-14-15;1-7(8(14)6-12-13-11)5-9(15)16-10(2,3)4;1-5(7)6(11)4-10-3-2-8-9-10;1-5-6(2,3)4;;/h5-6,9-10,16H,7-8H2,1-4H3;7-8,14H,5-6H2,1-4H3;2-3,5-6,11H,4,7H2,1H3;1H,2-4H3;2*1H4/t9-,10?;7-,8?;5-,6?;;;/m110.../s1. The third-order valence-corrected chi connectivity index (χ3v) is 7.06. The summed E-state index contributed by atoms with van der Waals surface area (Å²) in [6.45, 7) is 23.2. The molecule has 3 unspecified atom stereocenters. The topological polar surface area (TPSA) is 249 Å². The number of hydrogen-bond donors (Lipinski definition) is 4. The molecule has 0 saturated heterocycles. The Hall–Kier alpha value is -3.85. The average molecular weight is 771 g/mol. The van der Waals surface area contributed by atoms with Gasteiger partial charge >= 0.3 is 11.9 Å². The molecule has 0 aromatic carbocycles. The summed E-state index contributed by atoms with van der Waals surface area (Å²) in [4.78, 5) is 25.6. The fraction of sp³-hybridized carbons (Fsp3) is 0.771. The van der Waals surface area contributed by atoms with Gasteiger partial charge in [0.1, 0.15) is 19.3 Å². The van der Waals surface area contributed by atoms with Crippen LogP contribution in [0.2, 0.25) is 19.6 Å². The van der Waals surface area contributed by atoms with Gasteiger partial charge in [-0.25, -0.2) is 9.36 Å². The summed E-state index contributed by atoms with van der Waals surface area (Å²) in [5, 5.41) is 46.7. The van der Waals surface area contributed by atoms with Gasteiger partial charge in [0.25, 0.3) is 0 Å². The molecule has 53 heavy (non-hydrogen) atoms. The monoisotopic (exact) mass is 771 g/mol. The quantitative estimate of drug-likeness (QED) is 0.0536. The number of terminal acetylenes is 1. The first kappa shape index (κ1) is 55.9. The Morgan fingerprint density at radius 1 is 0.849 bits per heavy atom. The van der Waals surface area contributed by atoms with Gasteiger partial charge < -0.3 is 30.5 Å². The second-order valence-electron chi connectivity index (χ2n) is 15.2. The van der Waals surface area contributed by atoms with Crippen molar-refractivity contribution in [1.29, 1.82) is 0 Å². The van der Waals surface area contributed by atoms with Gasteiger partial charge in [-0.15, -0.1) is 22.2 Å². The normalized spacial score (nSPS) is 14.2. The van der Waals surface area contributed by atoms with Gasteiger partial charge in [-0.3, -0.25) is 9.59 Å². The van der Waals surface area contributed by atoms with Gasteiger partial charge in [0, 0.05) is 23.3 Å². The molecule has 2 rings (SSSR count). The number of carbonyl (C=O) groups is 2. The lowest BCUT2D eigenvalue weighted by molar-refractivity contribution is -0.157. The Bertz CT molecular complexity index is 1310. The minimum Gasteiger partial charge on any atom is -0.460 e. The maximum Gasteiger partial charge on any atom is 0.306 e. The number of esters is 2. The fourth-order valence-corrected chi connectivity index (χ4v) is 3.25. The molecule has 2 aromatic rings. The second-order valence-corrected chi connectivity index (χ2v) is 19.9. The number of hydrogen-bond acceptors (Lipinski definition) is 13. The highest BCUT2D eigenvalue weighted by molar-refractivity contribution is 6.83. The van der Waals surface area contributed by atoms with Crippen LogP contribution in [0.4, 0.5) is 0 Å². The van der Waals surface area contributed by atoms with Gasteiger partial charge in [-0.1, -0.05) is 63.9 Å². The van der Waals surface area contributed by atoms with Crippen molar-refractivity contribution in [2.75, 3.05) is 6.54 Å². The van der Waals surface area contributed by atoms with Crippen LogP contribution in [0.15, 0.2) is 29.9 Å². The van der Waals surface area contributed by atoms with E-state index in [2.05, 4.69) is 55.8 Å². The van der Waals surface area contributed by atoms with E-state index in [4.69, 9.17) is 27.2 Å². The maximum atomic E-state index is 11.6. The molecule has 306 valence electrons. The summed E-state index contributed by atoms with van der Waals surface area (Å²) >= 11 is 0. The van der Waals surface area contributed by atoms with Crippen molar-refractivity contribution in [3.05, 3.63) is 35.2 Å². The molecule has 6 atom stereocenters. The van der Waals surface area contributed by atoms with Crippen LogP contribution in [-0.4, -0.2) is 107 Å². The third kappa shape index (κ3) is 33.7. The zero-order valence-electron chi connectivity index (χ0n) is 32.5. The number of aromatic nitrogens is 6. The van der Waals surface area contributed by atoms with Crippen LogP contribution in [0.1, 0.15) is 90.0 Å². The van der Waals surface area contributed by atoms with Crippen molar-refractivity contribution in [3.8, 4) is 12.0 Å². The summed E-state index contributed by atoms with van der Waals surface area (Å²) in [6, 6.07) is -0.237. The molecule has 0 fully saturated rings. The van der Waals surface area contributed by atoms with E-state index in [1.807, 2.05) is 27.7 Å². The zero-order valence-corrected chi connectivity index (χ0v) is 33.5. The number of rotatable bonds is 13. The van der Waals surface area contributed by atoms with E-state index >= 15 is 0 Å². The molecule has 0 aliphatic rings. The summed E-state index contributed by atoms with van der Waals surface area (Å²) in [7, 11) is -1.10. The Morgan fingerprint density at radius 2 is 1.21 bits per heavy atom. The van der Waals surface area contributed by atoms with E-state index in [0.717, 1.165) is 0 Å². The molecule has 0 amide bonds. The number of aliphatic hydroxyl groups excluding tert-OH is 3. The Morgan fingerprint density at radius 3 is 1.49 bits per heavy atom. The zero-order chi connectivity index (χ0) is 40.0. The largest absolute Gasteiger partial charge is 0.460 e. The van der Waals surface area contributed by atoms with Gasteiger partial charge in [-0.2, -0.15) is 0 Å². The second kappa shape index (κ2) is 27.7. The van der Waals surface area contributed by atoms with Crippen LogP contribution >= 0.6 is 0 Å². The number of carbonyl (C=O) groups excluding carboxylic acids is 2. The number of ether oxygens (including phenoxy) is 2. The van der Waals surface area contributed by atoms with Crippen molar-refractivity contribution < 1.29 is 34.4 Å². The van der Waals surface area contributed by atoms with Gasteiger partial charge in [0.2, 0.25) is 0 Å². The molecule has 0 aliphatic carbocycles. The highest BCUT2D eigenvalue weighted by Crippen LogP contribution is 2.16. The molecule has 0 radical (unpaired) electrons. The van der Waals surface area contributed by atoms with Crippen LogP contribution in [0.3, 0.4) is 0 Å². The first-order valence-electron chi connectivity index (χ1n) is 16.7. The van der Waals surface area contributed by atoms with Crippen LogP contribution in [0, 0.1) is 23.8 Å². The molecule has 0 saturated carbocycles. The molecule has 5 N–H and O–H groups in total. The van der Waals surface area contributed by atoms with Crippen molar-refractivity contribution in [2.45, 2.75) is 158 Å². The van der Waals surface area contributed by atoms with E-state index < -0.39 is 37.6 Å². The van der Waals surface area contributed by atoms with E-state index in [9.17, 15) is 24.9 Å². The molecule has 17 nitrogen and oxygen atoms in total. The van der Waals surface area contributed by atoms with Gasteiger partial charge in [-0.05, 0) is 65.8 Å². The average Bonchev–Trinajstić information content (AvgIpc) is 3.69. The lowest BCUT2D eigenvalue weighted by atomic mass is 10.0. The highest BCUT2D eigenvalue weighted by Gasteiger charge is 2.23. The van der Waals surface area contributed by atoms with Crippen LogP contribution in [-0.2, 0) is 32.2 Å². The van der Waals surface area contributed by atoms with Crippen molar-refractivity contribution in [1.82, 2.24) is 30.0 Å². The summed E-state index contributed by atoms with van der Waals surface area (Å²) in [5.41, 5.74) is 15.3. The Labute approximate surface area is 318 Å². The van der Waals surface area contributed by atoms with Crippen molar-refractivity contribution >= 4 is 20.0 Å². The highest BCUT2D eigenvalue weighted by atomic mass is 28.3. The minimum atomic E-state index is -1.10. The molecule has 18 heteroatoms. The first-order valence-corrected chi connectivity index (χ1v) is 20.2. The molecular formula is C35H70N10O7Si. The number of aliphatic hydroxyl groups is 3. The smallest absolute Gasteiger partial charge is 0.306 e. The van der Waals surface area contributed by atoms with Gasteiger partial charge in [0.05, 0.1) is 63.2 Å². The molecule has 0 bridgehead atoms. The third-order valence-electron chi connectivity index (χ3n) is 6.20. The van der Waals surface area contributed by atoms with Crippen molar-refractivity contribution in [2.24, 2.45) is 22.7 Å². The van der Waals surface area contributed by atoms with E-state index in [0.29, 0.717) is 13.1 Å². The first-order chi connectivity index (χ1) is 23.3. The molecular weight excluding hydrogens is 701 g/mol. The SMILES string of the molecule is C.C.C#C[Si](C)(C)C.C[C@H](CC(=O)OC(C)(C)C)C(O)CN=[N+]=[N-].C[C@H](CC(=O)OC(C)(C)C)C(O)Cn1ccnn1.C[C@H](N)C(O)Cn1ccnn1. The predicted octanol–water partition coefficient (Wildman–Crippen LogP) is 4.79. The van der Waals surface area contributed by atoms with Crippen LogP contribution in [0.25, 0.3) is 10.4 Å². The van der Waals surface area contributed by atoms with E-state index in [-0.39, 0.29) is 64.1 Å². The van der Waals surface area contributed by atoms with Gasteiger partial charge in [0.15, 0.2) is 0 Å². The predicted molar refractivity (Wildman–Crippen MR) is 211 cm³/mol. The van der Waals surface area contributed by atoms with Crippen LogP contribution in [0.5, 0.6) is 0 Å². The number of azide groups is 1. The fourth-order valence-electron chi connectivity index (χ4n) is 3.25. The number of nitrogens with zero attached hydrogens (tertiary/aromatic N) is 9. The van der Waals surface area contributed by atoms with E-state index in [1.54, 1.807) is 64.1 Å². The lowest BCUT2D eigenvalue weighted by Crippen LogP contribution is -2.35. The minimum absolute atomic E-state index is 0. The van der Waals surface area contributed by atoms with E-state index in [1.165, 1.54) is 4.68 Å². The molecule has 2 aromatic heterocycles. The molecule has 0 aliphatic heterocycles. The summed E-state index contributed by atoms with van der Waals surface area (Å²) in [5.74, 6) is -1.14. The molecule has 0 spiro atoms. The Balaban J connectivity index is -0.000000316. The maximum absolute atomic E-state index is 11.6. The summed E-state index contributed by atoms with van der Waals surface area (Å²) < 4.78 is 13.4. The van der Waals surface area contributed by atoms with Crippen molar-refractivity contribution in [3.63, 3.8) is 0 Å². The summed E-state index contributed by atoms with van der Waals surface area (Å²) in [6.07, 6.45) is 9.85. The lowest BCUT2D eigenvalue weighted by Gasteiger charge is -2.22. The molecule has 2 heterocycles. The Kier molecular flexibility index (Phi) is 29.2. The number of nitrogens with two attached hydrogens (primary N) is 1.